The molecule has 0 radical (unpaired) electrons. The average Bonchev–Trinajstić information content (AvgIpc) is 2.79. The highest BCUT2D eigenvalue weighted by molar-refractivity contribution is 5.70. The molecule has 2 saturated heterocycles. The van der Waals surface area contributed by atoms with Gasteiger partial charge in [-0.15, -0.1) is 0 Å². The molecule has 0 aliphatic carbocycles. The molecule has 0 bridgehead atoms. The van der Waals surface area contributed by atoms with E-state index < -0.39 is 5.97 Å². The lowest BCUT2D eigenvalue weighted by atomic mass is 10.1. The molecular weight excluding hydrogens is 264 g/mol. The zero-order valence-corrected chi connectivity index (χ0v) is 12.5. The number of benzene rings is 1. The van der Waals surface area contributed by atoms with Gasteiger partial charge in [0.25, 0.3) is 0 Å². The Hall–Kier alpha value is -1.39. The fraction of sp³-hybridized carbons (Fsp3) is 0.588. The summed E-state index contributed by atoms with van der Waals surface area (Å²) in [7, 11) is 0. The SMILES string of the molecule is O=C(O)Cc1ccc(CN2CCCN3CCCC3C2)cc1. The molecule has 1 aromatic rings. The third-order valence-corrected chi connectivity index (χ3v) is 4.67. The van der Waals surface area contributed by atoms with E-state index in [1.54, 1.807) is 0 Å². The molecule has 1 N–H and O–H groups in total. The molecule has 4 heteroatoms. The minimum absolute atomic E-state index is 0.112. The molecular formula is C17H24N2O2. The zero-order valence-electron chi connectivity index (χ0n) is 12.5. The lowest BCUT2D eigenvalue weighted by Gasteiger charge is -2.25. The Morgan fingerprint density at radius 2 is 1.81 bits per heavy atom. The number of nitrogens with zero attached hydrogens (tertiary/aromatic N) is 2. The van der Waals surface area contributed by atoms with Crippen molar-refractivity contribution in [3.8, 4) is 0 Å². The summed E-state index contributed by atoms with van der Waals surface area (Å²) in [6.45, 7) is 5.86. The van der Waals surface area contributed by atoms with Gasteiger partial charge in [-0.05, 0) is 50.0 Å². The first-order chi connectivity index (χ1) is 10.2. The summed E-state index contributed by atoms with van der Waals surface area (Å²) in [5, 5.41) is 8.80. The first-order valence-electron chi connectivity index (χ1n) is 7.97. The van der Waals surface area contributed by atoms with Crippen LogP contribution in [0.1, 0.15) is 30.4 Å². The molecule has 2 heterocycles. The van der Waals surface area contributed by atoms with Crippen molar-refractivity contribution in [1.82, 2.24) is 9.80 Å². The second-order valence-electron chi connectivity index (χ2n) is 6.31. The van der Waals surface area contributed by atoms with Crippen LogP contribution >= 0.6 is 0 Å². The van der Waals surface area contributed by atoms with Crippen LogP contribution in [0.4, 0.5) is 0 Å². The molecule has 1 atom stereocenters. The smallest absolute Gasteiger partial charge is 0.307 e. The monoisotopic (exact) mass is 288 g/mol. The molecule has 2 fully saturated rings. The Morgan fingerprint density at radius 1 is 1.10 bits per heavy atom. The number of carbonyl (C=O) groups is 1. The standard InChI is InChI=1S/C17H24N2O2/c20-17(21)11-14-4-6-15(7-5-14)12-18-8-2-10-19-9-1-3-16(19)13-18/h4-7,16H,1-3,8-13H2,(H,20,21). The summed E-state index contributed by atoms with van der Waals surface area (Å²) < 4.78 is 0. The van der Waals surface area contributed by atoms with Crippen LogP contribution in [-0.2, 0) is 17.8 Å². The van der Waals surface area contributed by atoms with Crippen molar-refractivity contribution in [3.63, 3.8) is 0 Å². The van der Waals surface area contributed by atoms with E-state index in [0.29, 0.717) is 0 Å². The van der Waals surface area contributed by atoms with Crippen molar-refractivity contribution in [2.75, 3.05) is 26.2 Å². The first-order valence-corrected chi connectivity index (χ1v) is 7.97. The number of rotatable bonds is 4. The maximum absolute atomic E-state index is 10.7. The number of carboxylic acids is 1. The van der Waals surface area contributed by atoms with E-state index in [1.807, 2.05) is 12.1 Å². The van der Waals surface area contributed by atoms with Gasteiger partial charge >= 0.3 is 5.97 Å². The highest BCUT2D eigenvalue weighted by atomic mass is 16.4. The van der Waals surface area contributed by atoms with Crippen LogP contribution in [-0.4, -0.2) is 53.1 Å². The molecule has 0 saturated carbocycles. The van der Waals surface area contributed by atoms with E-state index in [-0.39, 0.29) is 6.42 Å². The Kier molecular flexibility index (Phi) is 4.56. The van der Waals surface area contributed by atoms with Crippen molar-refractivity contribution in [1.29, 1.82) is 0 Å². The maximum Gasteiger partial charge on any atom is 0.307 e. The molecule has 21 heavy (non-hydrogen) atoms. The predicted octanol–water partition coefficient (Wildman–Crippen LogP) is 1.98. The minimum Gasteiger partial charge on any atom is -0.481 e. The fourth-order valence-electron chi connectivity index (χ4n) is 3.62. The van der Waals surface area contributed by atoms with Crippen LogP contribution in [0, 0.1) is 0 Å². The van der Waals surface area contributed by atoms with Crippen molar-refractivity contribution >= 4 is 5.97 Å². The van der Waals surface area contributed by atoms with Gasteiger partial charge in [0.1, 0.15) is 0 Å². The van der Waals surface area contributed by atoms with E-state index >= 15 is 0 Å². The summed E-state index contributed by atoms with van der Waals surface area (Å²) in [5.74, 6) is -0.767. The van der Waals surface area contributed by atoms with Crippen molar-refractivity contribution < 1.29 is 9.90 Å². The summed E-state index contributed by atoms with van der Waals surface area (Å²) in [6, 6.07) is 8.80. The largest absolute Gasteiger partial charge is 0.481 e. The van der Waals surface area contributed by atoms with Crippen LogP contribution in [0.15, 0.2) is 24.3 Å². The maximum atomic E-state index is 10.7. The van der Waals surface area contributed by atoms with E-state index in [1.165, 1.54) is 51.0 Å². The lowest BCUT2D eigenvalue weighted by Crippen LogP contribution is -2.36. The third kappa shape index (κ3) is 3.83. The van der Waals surface area contributed by atoms with Crippen LogP contribution in [0.5, 0.6) is 0 Å². The minimum atomic E-state index is -0.767. The second-order valence-corrected chi connectivity index (χ2v) is 6.31. The van der Waals surface area contributed by atoms with Gasteiger partial charge in [0.15, 0.2) is 0 Å². The molecule has 114 valence electrons. The molecule has 1 unspecified atom stereocenters. The summed E-state index contributed by atoms with van der Waals surface area (Å²) in [4.78, 5) is 15.9. The van der Waals surface area contributed by atoms with Gasteiger partial charge in [-0.2, -0.15) is 0 Å². The summed E-state index contributed by atoms with van der Waals surface area (Å²) in [6.07, 6.45) is 4.06. The van der Waals surface area contributed by atoms with Crippen molar-refractivity contribution in [2.24, 2.45) is 0 Å². The van der Waals surface area contributed by atoms with Crippen molar-refractivity contribution in [2.45, 2.75) is 38.3 Å². The van der Waals surface area contributed by atoms with E-state index in [0.717, 1.165) is 18.2 Å². The predicted molar refractivity (Wildman–Crippen MR) is 82.3 cm³/mol. The molecule has 0 aromatic heterocycles. The molecule has 1 aromatic carbocycles. The van der Waals surface area contributed by atoms with Gasteiger partial charge in [0.05, 0.1) is 6.42 Å². The van der Waals surface area contributed by atoms with Crippen LogP contribution in [0.25, 0.3) is 0 Å². The van der Waals surface area contributed by atoms with Crippen LogP contribution < -0.4 is 0 Å². The average molecular weight is 288 g/mol. The second kappa shape index (κ2) is 6.58. The Morgan fingerprint density at radius 3 is 2.57 bits per heavy atom. The van der Waals surface area contributed by atoms with Gasteiger partial charge < -0.3 is 5.11 Å². The highest BCUT2D eigenvalue weighted by Gasteiger charge is 2.28. The fourth-order valence-corrected chi connectivity index (χ4v) is 3.62. The molecule has 2 aliphatic rings. The van der Waals surface area contributed by atoms with Crippen molar-refractivity contribution in [3.05, 3.63) is 35.4 Å². The van der Waals surface area contributed by atoms with E-state index in [2.05, 4.69) is 21.9 Å². The van der Waals surface area contributed by atoms with Crippen LogP contribution in [0.3, 0.4) is 0 Å². The summed E-state index contributed by atoms with van der Waals surface area (Å²) in [5.41, 5.74) is 2.17. The number of fused-ring (bicyclic) bond motifs is 1. The Labute approximate surface area is 126 Å². The summed E-state index contributed by atoms with van der Waals surface area (Å²) >= 11 is 0. The number of carboxylic acid groups (broad SMARTS) is 1. The van der Waals surface area contributed by atoms with Gasteiger partial charge in [0, 0.05) is 19.1 Å². The molecule has 2 aliphatic heterocycles. The molecule has 0 spiro atoms. The quantitative estimate of drug-likeness (QED) is 0.920. The number of aliphatic carboxylic acids is 1. The molecule has 4 nitrogen and oxygen atoms in total. The zero-order chi connectivity index (χ0) is 14.7. The van der Waals surface area contributed by atoms with Gasteiger partial charge in [-0.3, -0.25) is 14.6 Å². The van der Waals surface area contributed by atoms with Crippen LogP contribution in [0.2, 0.25) is 0 Å². The molecule has 0 amide bonds. The van der Waals surface area contributed by atoms with Gasteiger partial charge in [-0.25, -0.2) is 0 Å². The Bertz CT molecular complexity index is 486. The third-order valence-electron chi connectivity index (χ3n) is 4.67. The van der Waals surface area contributed by atoms with E-state index in [4.69, 9.17) is 5.11 Å². The Balaban J connectivity index is 1.59. The number of hydrogen-bond acceptors (Lipinski definition) is 3. The first kappa shape index (κ1) is 14.5. The number of hydrogen-bond donors (Lipinski definition) is 1. The van der Waals surface area contributed by atoms with E-state index in [9.17, 15) is 4.79 Å². The molecule has 3 rings (SSSR count). The normalized spacial score (nSPS) is 23.7. The highest BCUT2D eigenvalue weighted by Crippen LogP contribution is 2.22. The lowest BCUT2D eigenvalue weighted by molar-refractivity contribution is -0.136. The van der Waals surface area contributed by atoms with Gasteiger partial charge in [0.2, 0.25) is 0 Å². The van der Waals surface area contributed by atoms with Gasteiger partial charge in [-0.1, -0.05) is 24.3 Å². The topological polar surface area (TPSA) is 43.8 Å².